The highest BCUT2D eigenvalue weighted by Gasteiger charge is 2.29. The minimum absolute atomic E-state index is 0.249. The van der Waals surface area contributed by atoms with Crippen LogP contribution in [0.5, 0.6) is 0 Å². The molecule has 0 amide bonds. The molecule has 0 saturated heterocycles. The number of nitrogens with one attached hydrogen (secondary N) is 1. The van der Waals surface area contributed by atoms with Crippen LogP contribution < -0.4 is 5.32 Å². The molecule has 0 radical (unpaired) electrons. The van der Waals surface area contributed by atoms with Gasteiger partial charge in [-0.25, -0.2) is 12.8 Å². The summed E-state index contributed by atoms with van der Waals surface area (Å²) in [6.07, 6.45) is 1.19. The van der Waals surface area contributed by atoms with Crippen molar-refractivity contribution < 1.29 is 12.8 Å². The third-order valence-electron chi connectivity index (χ3n) is 2.97. The molecular formula is C13H17FN2O2S. The van der Waals surface area contributed by atoms with Gasteiger partial charge >= 0.3 is 0 Å². The van der Waals surface area contributed by atoms with Crippen molar-refractivity contribution in [3.05, 3.63) is 35.1 Å². The maximum Gasteiger partial charge on any atom is 0.153 e. The van der Waals surface area contributed by atoms with Crippen LogP contribution in [0.4, 0.5) is 4.39 Å². The van der Waals surface area contributed by atoms with E-state index in [4.69, 9.17) is 5.26 Å². The molecule has 0 bridgehead atoms. The molecule has 0 spiro atoms. The average molecular weight is 284 g/mol. The van der Waals surface area contributed by atoms with Crippen molar-refractivity contribution in [1.29, 1.82) is 5.26 Å². The van der Waals surface area contributed by atoms with E-state index in [1.165, 1.54) is 12.3 Å². The van der Waals surface area contributed by atoms with Crippen molar-refractivity contribution in [2.24, 2.45) is 0 Å². The lowest BCUT2D eigenvalue weighted by molar-refractivity contribution is 0.520. The summed E-state index contributed by atoms with van der Waals surface area (Å²) in [5.41, 5.74) is 0.861. The van der Waals surface area contributed by atoms with Gasteiger partial charge in [0.05, 0.1) is 16.4 Å². The molecule has 1 N–H and O–H groups in total. The van der Waals surface area contributed by atoms with Crippen molar-refractivity contribution >= 4 is 9.84 Å². The molecule has 0 unspecified atom stereocenters. The van der Waals surface area contributed by atoms with E-state index in [0.29, 0.717) is 12.1 Å². The van der Waals surface area contributed by atoms with Gasteiger partial charge in [-0.1, -0.05) is 0 Å². The monoisotopic (exact) mass is 284 g/mol. The number of nitriles is 1. The molecule has 1 aromatic carbocycles. The summed E-state index contributed by atoms with van der Waals surface area (Å²) in [6.45, 7) is 3.82. The molecule has 0 aromatic heterocycles. The van der Waals surface area contributed by atoms with E-state index in [1.807, 2.05) is 6.07 Å². The SMILES string of the molecule is CC(C)(CNCc1cc(F)cc(C#N)c1)S(C)(=O)=O. The van der Waals surface area contributed by atoms with Crippen molar-refractivity contribution in [2.45, 2.75) is 25.1 Å². The molecular weight excluding hydrogens is 267 g/mol. The molecule has 1 aromatic rings. The second-order valence-corrected chi connectivity index (χ2v) is 7.74. The van der Waals surface area contributed by atoms with Crippen LogP contribution in [-0.2, 0) is 16.4 Å². The number of rotatable bonds is 5. The highest BCUT2D eigenvalue weighted by molar-refractivity contribution is 7.92. The lowest BCUT2D eigenvalue weighted by atomic mass is 10.1. The molecule has 6 heteroatoms. The number of benzene rings is 1. The Bertz CT molecular complexity index is 604. The molecule has 19 heavy (non-hydrogen) atoms. The Balaban J connectivity index is 2.69. The zero-order chi connectivity index (χ0) is 14.7. The fourth-order valence-corrected chi connectivity index (χ4v) is 1.82. The zero-order valence-corrected chi connectivity index (χ0v) is 12.0. The van der Waals surface area contributed by atoms with Crippen LogP contribution in [0, 0.1) is 17.1 Å². The largest absolute Gasteiger partial charge is 0.311 e. The first-order valence-electron chi connectivity index (χ1n) is 5.75. The summed E-state index contributed by atoms with van der Waals surface area (Å²) in [5, 5.41) is 11.7. The van der Waals surface area contributed by atoms with Gasteiger partial charge in [-0.3, -0.25) is 0 Å². The van der Waals surface area contributed by atoms with Gasteiger partial charge in [-0.05, 0) is 37.6 Å². The van der Waals surface area contributed by atoms with Crippen LogP contribution in [0.1, 0.15) is 25.0 Å². The normalized spacial score (nSPS) is 12.2. The number of halogens is 1. The van der Waals surface area contributed by atoms with Crippen LogP contribution >= 0.6 is 0 Å². The van der Waals surface area contributed by atoms with E-state index in [2.05, 4.69) is 5.32 Å². The molecule has 0 saturated carbocycles. The van der Waals surface area contributed by atoms with Gasteiger partial charge in [-0.15, -0.1) is 0 Å². The van der Waals surface area contributed by atoms with Gasteiger partial charge < -0.3 is 5.32 Å². The smallest absolute Gasteiger partial charge is 0.153 e. The third kappa shape index (κ3) is 4.30. The van der Waals surface area contributed by atoms with Crippen LogP contribution in [0.25, 0.3) is 0 Å². The van der Waals surface area contributed by atoms with Gasteiger partial charge in [0, 0.05) is 19.3 Å². The van der Waals surface area contributed by atoms with Crippen molar-refractivity contribution in [3.8, 4) is 6.07 Å². The standard InChI is InChI=1S/C13H17FN2O2S/c1-13(2,19(3,17)18)9-16-8-11-4-10(7-15)5-12(14)6-11/h4-6,16H,8-9H2,1-3H3. The maximum absolute atomic E-state index is 13.2. The van der Waals surface area contributed by atoms with Crippen molar-refractivity contribution in [2.75, 3.05) is 12.8 Å². The molecule has 0 aliphatic heterocycles. The summed E-state index contributed by atoms with van der Waals surface area (Å²) in [5.74, 6) is -0.474. The Morgan fingerprint density at radius 1 is 1.37 bits per heavy atom. The fraction of sp³-hybridized carbons (Fsp3) is 0.462. The summed E-state index contributed by atoms with van der Waals surface area (Å²) in [6, 6.07) is 5.93. The number of hydrogen-bond donors (Lipinski definition) is 1. The number of sulfone groups is 1. The van der Waals surface area contributed by atoms with Crippen molar-refractivity contribution in [1.82, 2.24) is 5.32 Å². The Kier molecular flexibility index (Phi) is 4.66. The Morgan fingerprint density at radius 3 is 2.53 bits per heavy atom. The van der Waals surface area contributed by atoms with Gasteiger partial charge in [0.2, 0.25) is 0 Å². The zero-order valence-electron chi connectivity index (χ0n) is 11.2. The molecule has 0 aliphatic rings. The third-order valence-corrected chi connectivity index (χ3v) is 5.12. The first-order chi connectivity index (χ1) is 8.65. The molecule has 0 fully saturated rings. The first-order valence-corrected chi connectivity index (χ1v) is 7.65. The molecule has 104 valence electrons. The van der Waals surface area contributed by atoms with Gasteiger partial charge in [0.15, 0.2) is 9.84 Å². The highest BCUT2D eigenvalue weighted by atomic mass is 32.2. The van der Waals surface area contributed by atoms with Crippen LogP contribution in [-0.4, -0.2) is 26.0 Å². The topological polar surface area (TPSA) is 70.0 Å². The van der Waals surface area contributed by atoms with Gasteiger partial charge in [0.1, 0.15) is 5.82 Å². The first kappa shape index (κ1) is 15.6. The van der Waals surface area contributed by atoms with Crippen LogP contribution in [0.2, 0.25) is 0 Å². The second-order valence-electron chi connectivity index (χ2n) is 5.10. The van der Waals surface area contributed by atoms with E-state index < -0.39 is 20.4 Å². The summed E-state index contributed by atoms with van der Waals surface area (Å²) < 4.78 is 35.3. The van der Waals surface area contributed by atoms with E-state index in [1.54, 1.807) is 19.9 Å². The fourth-order valence-electron chi connectivity index (χ4n) is 1.46. The average Bonchev–Trinajstić information content (AvgIpc) is 2.26. The highest BCUT2D eigenvalue weighted by Crippen LogP contribution is 2.14. The van der Waals surface area contributed by atoms with E-state index in [0.717, 1.165) is 6.07 Å². The summed E-state index contributed by atoms with van der Waals surface area (Å²) >= 11 is 0. The van der Waals surface area contributed by atoms with E-state index in [-0.39, 0.29) is 12.1 Å². The van der Waals surface area contributed by atoms with Crippen molar-refractivity contribution in [3.63, 3.8) is 0 Å². The molecule has 1 rings (SSSR count). The predicted octanol–water partition coefficient (Wildman–Crippen LogP) is 1.61. The molecule has 0 atom stereocenters. The Morgan fingerprint density at radius 2 is 2.00 bits per heavy atom. The Hall–Kier alpha value is -1.45. The quantitative estimate of drug-likeness (QED) is 0.892. The van der Waals surface area contributed by atoms with Gasteiger partial charge in [-0.2, -0.15) is 5.26 Å². The molecule has 0 heterocycles. The molecule has 0 aliphatic carbocycles. The minimum Gasteiger partial charge on any atom is -0.311 e. The predicted molar refractivity (Wildman–Crippen MR) is 71.7 cm³/mol. The maximum atomic E-state index is 13.2. The van der Waals surface area contributed by atoms with E-state index >= 15 is 0 Å². The van der Waals surface area contributed by atoms with Gasteiger partial charge in [0.25, 0.3) is 0 Å². The number of hydrogen-bond acceptors (Lipinski definition) is 4. The summed E-state index contributed by atoms with van der Waals surface area (Å²) in [7, 11) is -3.17. The van der Waals surface area contributed by atoms with E-state index in [9.17, 15) is 12.8 Å². The number of nitrogens with zero attached hydrogens (tertiary/aromatic N) is 1. The minimum atomic E-state index is -3.17. The second kappa shape index (κ2) is 5.68. The lowest BCUT2D eigenvalue weighted by Gasteiger charge is -2.22. The molecule has 4 nitrogen and oxygen atoms in total. The van der Waals surface area contributed by atoms with Crippen LogP contribution in [0.15, 0.2) is 18.2 Å². The van der Waals surface area contributed by atoms with Crippen LogP contribution in [0.3, 0.4) is 0 Å². The summed E-state index contributed by atoms with van der Waals surface area (Å²) in [4.78, 5) is 0. The Labute approximate surface area is 113 Å². The lowest BCUT2D eigenvalue weighted by Crippen LogP contribution is -2.41.